The van der Waals surface area contributed by atoms with Crippen LogP contribution in [-0.4, -0.2) is 51.5 Å². The summed E-state index contributed by atoms with van der Waals surface area (Å²) in [5, 5.41) is 1.75. The molecule has 0 aliphatic carbocycles. The molecule has 0 bridgehead atoms. The molecular weight excluding hydrogens is 402 g/mol. The van der Waals surface area contributed by atoms with E-state index in [1.54, 1.807) is 35.6 Å². The maximum atomic E-state index is 12.5. The summed E-state index contributed by atoms with van der Waals surface area (Å²) in [6, 6.07) is 8.89. The van der Waals surface area contributed by atoms with Crippen LogP contribution in [0.5, 0.6) is 0 Å². The van der Waals surface area contributed by atoms with Gasteiger partial charge in [0.2, 0.25) is 0 Å². The van der Waals surface area contributed by atoms with Crippen LogP contribution >= 0.6 is 11.6 Å². The Morgan fingerprint density at radius 1 is 1.30 bits per heavy atom. The Balaban J connectivity index is 3.11. The van der Waals surface area contributed by atoms with Crippen LogP contribution in [0, 0.1) is 0 Å². The van der Waals surface area contributed by atoms with Crippen LogP contribution in [0.3, 0.4) is 0 Å². The van der Waals surface area contributed by atoms with E-state index in [9.17, 15) is 22.8 Å². The van der Waals surface area contributed by atoms with E-state index in [1.165, 1.54) is 6.92 Å². The number of methoxy groups -OCH3 is 1. The molecular formula is C14H15ClF3NO3Se. The fourth-order valence-corrected chi connectivity index (χ4v) is 4.69. The van der Waals surface area contributed by atoms with E-state index < -0.39 is 43.4 Å². The third kappa shape index (κ3) is 5.12. The summed E-state index contributed by atoms with van der Waals surface area (Å²) >= 11 is 5.42. The van der Waals surface area contributed by atoms with Crippen LogP contribution in [0.1, 0.15) is 6.92 Å². The zero-order valence-electron chi connectivity index (χ0n) is 12.3. The van der Waals surface area contributed by atoms with Gasteiger partial charge in [-0.15, -0.1) is 0 Å². The van der Waals surface area contributed by atoms with Crippen molar-refractivity contribution in [3.63, 3.8) is 0 Å². The second kappa shape index (κ2) is 8.04. The zero-order chi connectivity index (χ0) is 17.7. The average molecular weight is 417 g/mol. The van der Waals surface area contributed by atoms with Gasteiger partial charge < -0.3 is 0 Å². The molecule has 1 N–H and O–H groups in total. The van der Waals surface area contributed by atoms with E-state index in [-0.39, 0.29) is 5.88 Å². The van der Waals surface area contributed by atoms with Gasteiger partial charge >= 0.3 is 142 Å². The summed E-state index contributed by atoms with van der Waals surface area (Å²) in [5.74, 6) is -3.29. The Morgan fingerprint density at radius 2 is 1.87 bits per heavy atom. The van der Waals surface area contributed by atoms with Gasteiger partial charge in [-0.05, 0) is 0 Å². The molecule has 128 valence electrons. The van der Waals surface area contributed by atoms with Crippen molar-refractivity contribution in [1.82, 2.24) is 5.32 Å². The van der Waals surface area contributed by atoms with Gasteiger partial charge in [0, 0.05) is 0 Å². The summed E-state index contributed by atoms with van der Waals surface area (Å²) in [5.41, 5.74) is -1.88. The van der Waals surface area contributed by atoms with Crippen LogP contribution in [0.15, 0.2) is 30.3 Å². The van der Waals surface area contributed by atoms with Crippen molar-refractivity contribution in [1.29, 1.82) is 0 Å². The third-order valence-corrected chi connectivity index (χ3v) is 6.85. The van der Waals surface area contributed by atoms with E-state index >= 15 is 0 Å². The Morgan fingerprint density at radius 3 is 2.30 bits per heavy atom. The maximum absolute atomic E-state index is 12.5. The van der Waals surface area contributed by atoms with E-state index in [2.05, 4.69) is 4.74 Å². The fourth-order valence-electron chi connectivity index (χ4n) is 1.75. The van der Waals surface area contributed by atoms with Gasteiger partial charge in [-0.25, -0.2) is 0 Å². The molecule has 23 heavy (non-hydrogen) atoms. The van der Waals surface area contributed by atoms with Crippen LogP contribution in [0.4, 0.5) is 13.2 Å². The van der Waals surface area contributed by atoms with Gasteiger partial charge in [-0.2, -0.15) is 0 Å². The molecule has 0 saturated heterocycles. The van der Waals surface area contributed by atoms with Crippen LogP contribution < -0.4 is 9.78 Å². The molecule has 0 aliphatic rings. The van der Waals surface area contributed by atoms with Crippen LogP contribution in [0.2, 0.25) is 4.82 Å². The number of benzene rings is 1. The summed E-state index contributed by atoms with van der Waals surface area (Å²) in [7, 11) is 1.04. The molecule has 0 spiro atoms. The number of hydrogen-bond donors (Lipinski definition) is 1. The van der Waals surface area contributed by atoms with Gasteiger partial charge in [0.15, 0.2) is 0 Å². The zero-order valence-corrected chi connectivity index (χ0v) is 14.8. The molecule has 0 aliphatic heterocycles. The second-order valence-electron chi connectivity index (χ2n) is 4.72. The molecule has 0 radical (unpaired) electrons. The number of alkyl halides is 4. The Labute approximate surface area is 142 Å². The Hall–Kier alpha value is -1.24. The van der Waals surface area contributed by atoms with Gasteiger partial charge in [0.1, 0.15) is 0 Å². The first-order valence-electron chi connectivity index (χ1n) is 6.40. The summed E-state index contributed by atoms with van der Waals surface area (Å²) in [6.07, 6.45) is -5.11. The number of amides is 1. The Bertz CT molecular complexity index is 556. The van der Waals surface area contributed by atoms with E-state index in [0.717, 1.165) is 11.6 Å². The molecule has 0 aromatic heterocycles. The number of halogens is 4. The predicted molar refractivity (Wildman–Crippen MR) is 80.9 cm³/mol. The number of carbonyl (C=O) groups excluding carboxylic acids is 2. The molecule has 9 heteroatoms. The number of hydrogen-bond acceptors (Lipinski definition) is 3. The third-order valence-electron chi connectivity index (χ3n) is 3.05. The molecule has 2 unspecified atom stereocenters. The molecule has 0 fully saturated rings. The summed E-state index contributed by atoms with van der Waals surface area (Å²) in [4.78, 5) is 22.6. The van der Waals surface area contributed by atoms with Gasteiger partial charge in [-0.3, -0.25) is 0 Å². The minimum absolute atomic E-state index is 0.112. The molecule has 1 rings (SSSR count). The normalized spacial score (nSPS) is 15.4. The van der Waals surface area contributed by atoms with Crippen LogP contribution in [-0.2, 0) is 14.3 Å². The van der Waals surface area contributed by atoms with Crippen molar-refractivity contribution in [2.45, 2.75) is 23.5 Å². The summed E-state index contributed by atoms with van der Waals surface area (Å²) in [6.45, 7) is 1.19. The quantitative estimate of drug-likeness (QED) is 0.436. The van der Waals surface area contributed by atoms with E-state index in [1.807, 2.05) is 0 Å². The molecule has 4 nitrogen and oxygen atoms in total. The molecule has 2 atom stereocenters. The monoisotopic (exact) mass is 417 g/mol. The standard InChI is InChI=1S/C14H15ClF3NO3Se/c1-13(12(21)22-2,19-11(20)14(16,17)18)10(8-15)23-9-6-4-3-5-7-9/h3-7,10H,8H2,1-2H3,(H,19,20). The first kappa shape index (κ1) is 19.8. The predicted octanol–water partition coefficient (Wildman–Crippen LogP) is 1.65. The van der Waals surface area contributed by atoms with E-state index in [0.29, 0.717) is 0 Å². The number of carbonyl (C=O) groups is 2. The van der Waals surface area contributed by atoms with Crippen molar-refractivity contribution in [3.05, 3.63) is 30.3 Å². The first-order valence-corrected chi connectivity index (χ1v) is 8.78. The SMILES string of the molecule is COC(=O)C(C)(NC(=O)C(F)(F)F)C(CCl)[Se]c1ccccc1. The molecule has 0 saturated carbocycles. The molecule has 1 aromatic carbocycles. The number of nitrogens with one attached hydrogen (secondary N) is 1. The Kier molecular flexibility index (Phi) is 6.92. The van der Waals surface area contributed by atoms with E-state index in [4.69, 9.17) is 11.6 Å². The van der Waals surface area contributed by atoms with Gasteiger partial charge in [-0.1, -0.05) is 0 Å². The van der Waals surface area contributed by atoms with Gasteiger partial charge in [0.25, 0.3) is 0 Å². The van der Waals surface area contributed by atoms with Crippen molar-refractivity contribution < 1.29 is 27.5 Å². The molecule has 1 aromatic rings. The number of esters is 1. The van der Waals surface area contributed by atoms with Crippen molar-refractivity contribution in [2.24, 2.45) is 0 Å². The van der Waals surface area contributed by atoms with Gasteiger partial charge in [0.05, 0.1) is 0 Å². The second-order valence-corrected chi connectivity index (χ2v) is 7.71. The van der Waals surface area contributed by atoms with Crippen molar-refractivity contribution in [3.8, 4) is 0 Å². The molecule has 0 heterocycles. The minimum atomic E-state index is -5.11. The van der Waals surface area contributed by atoms with Crippen LogP contribution in [0.25, 0.3) is 0 Å². The van der Waals surface area contributed by atoms with Crippen molar-refractivity contribution >= 4 is 42.9 Å². The number of rotatable bonds is 6. The topological polar surface area (TPSA) is 55.4 Å². The number of ether oxygens (including phenoxy) is 1. The first-order chi connectivity index (χ1) is 10.6. The summed E-state index contributed by atoms with van der Waals surface area (Å²) < 4.78 is 43.1. The average Bonchev–Trinajstić information content (AvgIpc) is 2.51. The van der Waals surface area contributed by atoms with Crippen molar-refractivity contribution in [2.75, 3.05) is 13.0 Å². The fraction of sp³-hybridized carbons (Fsp3) is 0.429. The molecule has 1 amide bonds.